The standard InChI is InChI=1S/C13H16N3O5/c1-12(2)13(3,4)15(19)11(14(12)18)9-7-8(17)5-6-10(9)16(20)21/h5-7,17H,1-4H3. The number of hydrogen-bond acceptors (Lipinski definition) is 5. The van der Waals surface area contributed by atoms with Crippen molar-refractivity contribution in [3.8, 4) is 5.75 Å². The number of benzene rings is 1. The van der Waals surface area contributed by atoms with Crippen LogP contribution in [0.25, 0.3) is 0 Å². The van der Waals surface area contributed by atoms with E-state index in [1.54, 1.807) is 27.7 Å². The zero-order valence-corrected chi connectivity index (χ0v) is 12.2. The number of nitrogens with zero attached hydrogens (tertiary/aromatic N) is 3. The fourth-order valence-corrected chi connectivity index (χ4v) is 2.19. The van der Waals surface area contributed by atoms with Crippen LogP contribution in [-0.2, 0) is 5.21 Å². The fraction of sp³-hybridized carbons (Fsp3) is 0.462. The first-order valence-corrected chi connectivity index (χ1v) is 6.31. The van der Waals surface area contributed by atoms with Gasteiger partial charge in [-0.2, -0.15) is 0 Å². The van der Waals surface area contributed by atoms with Crippen molar-refractivity contribution in [1.29, 1.82) is 0 Å². The molecule has 0 amide bonds. The predicted molar refractivity (Wildman–Crippen MR) is 73.2 cm³/mol. The largest absolute Gasteiger partial charge is 0.714 e. The molecule has 1 aromatic rings. The molecule has 21 heavy (non-hydrogen) atoms. The highest BCUT2D eigenvalue weighted by atomic mass is 16.6. The van der Waals surface area contributed by atoms with Crippen LogP contribution < -0.4 is 0 Å². The van der Waals surface area contributed by atoms with Gasteiger partial charge in [0.05, 0.1) is 4.92 Å². The molecule has 0 aliphatic carbocycles. The van der Waals surface area contributed by atoms with Gasteiger partial charge in [-0.15, -0.1) is 0 Å². The molecule has 0 atom stereocenters. The Bertz CT molecular complexity index is 651. The van der Waals surface area contributed by atoms with Crippen molar-refractivity contribution in [3.05, 3.63) is 39.1 Å². The van der Waals surface area contributed by atoms with Crippen molar-refractivity contribution in [2.75, 3.05) is 0 Å². The molecule has 8 nitrogen and oxygen atoms in total. The van der Waals surface area contributed by atoms with Crippen molar-refractivity contribution < 1.29 is 20.0 Å². The molecular weight excluding hydrogens is 278 g/mol. The third-order valence-electron chi connectivity index (χ3n) is 4.32. The van der Waals surface area contributed by atoms with Gasteiger partial charge < -0.3 is 10.3 Å². The summed E-state index contributed by atoms with van der Waals surface area (Å²) in [5.41, 5.74) is -2.76. The van der Waals surface area contributed by atoms with E-state index in [4.69, 9.17) is 0 Å². The van der Waals surface area contributed by atoms with Crippen LogP contribution in [-0.4, -0.2) is 36.7 Å². The van der Waals surface area contributed by atoms with Crippen molar-refractivity contribution in [1.82, 2.24) is 5.06 Å². The van der Waals surface area contributed by atoms with Crippen LogP contribution in [0.5, 0.6) is 5.75 Å². The Balaban J connectivity index is 2.76. The Morgan fingerprint density at radius 2 is 1.86 bits per heavy atom. The molecule has 0 spiro atoms. The molecule has 0 saturated carbocycles. The topological polar surface area (TPSA) is 113 Å². The summed E-state index contributed by atoms with van der Waals surface area (Å²) >= 11 is 0. The molecule has 0 saturated heterocycles. The molecule has 1 aliphatic heterocycles. The zero-order valence-electron chi connectivity index (χ0n) is 12.2. The maximum Gasteiger partial charge on any atom is 0.323 e. The van der Waals surface area contributed by atoms with E-state index in [0.717, 1.165) is 18.2 Å². The Kier molecular flexibility index (Phi) is 3.10. The van der Waals surface area contributed by atoms with E-state index in [9.17, 15) is 25.6 Å². The first-order chi connectivity index (χ1) is 9.51. The number of phenols is 1. The molecule has 2 rings (SSSR count). The SMILES string of the molecule is CC1(C)N([O])C(c2cc(O)ccc2[N+](=O)[O-])=[N+]([O-])C1(C)C. The zero-order chi connectivity index (χ0) is 16.2. The van der Waals surface area contributed by atoms with Gasteiger partial charge in [-0.1, -0.05) is 5.06 Å². The molecular formula is C13H16N3O5. The summed E-state index contributed by atoms with van der Waals surface area (Å²) in [5, 5.41) is 46.1. The number of hydroxylamine groups is 3. The molecule has 0 fully saturated rings. The third-order valence-corrected chi connectivity index (χ3v) is 4.32. The van der Waals surface area contributed by atoms with Gasteiger partial charge in [0.1, 0.15) is 16.9 Å². The molecule has 0 aromatic heterocycles. The Labute approximate surface area is 121 Å². The van der Waals surface area contributed by atoms with Crippen molar-refractivity contribution in [2.24, 2.45) is 0 Å². The second kappa shape index (κ2) is 4.32. The van der Waals surface area contributed by atoms with Crippen LogP contribution in [0.4, 0.5) is 5.69 Å². The van der Waals surface area contributed by atoms with Crippen LogP contribution >= 0.6 is 0 Å². The quantitative estimate of drug-likeness (QED) is 0.386. The van der Waals surface area contributed by atoms with Crippen LogP contribution in [0.3, 0.4) is 0 Å². The lowest BCUT2D eigenvalue weighted by molar-refractivity contribution is -0.539. The number of rotatable bonds is 2. The normalized spacial score (nSPS) is 20.0. The molecule has 1 aliphatic rings. The Hall–Kier alpha value is -2.35. The van der Waals surface area contributed by atoms with Gasteiger partial charge >= 0.3 is 5.84 Å². The number of nitro benzene ring substituents is 1. The first-order valence-electron chi connectivity index (χ1n) is 6.31. The molecule has 1 aromatic carbocycles. The minimum atomic E-state index is -1.08. The average Bonchev–Trinajstić information content (AvgIpc) is 2.48. The van der Waals surface area contributed by atoms with E-state index >= 15 is 0 Å². The van der Waals surface area contributed by atoms with Gasteiger partial charge in [-0.05, 0) is 33.8 Å². The lowest BCUT2D eigenvalue weighted by Gasteiger charge is -2.32. The molecule has 0 unspecified atom stereocenters. The van der Waals surface area contributed by atoms with Gasteiger partial charge in [-0.25, -0.2) is 0 Å². The van der Waals surface area contributed by atoms with Crippen LogP contribution in [0, 0.1) is 15.3 Å². The minimum Gasteiger partial charge on any atom is -0.714 e. The van der Waals surface area contributed by atoms with Crippen LogP contribution in [0.15, 0.2) is 18.2 Å². The monoisotopic (exact) mass is 294 g/mol. The Morgan fingerprint density at radius 3 is 2.29 bits per heavy atom. The van der Waals surface area contributed by atoms with E-state index in [-0.39, 0.29) is 17.1 Å². The predicted octanol–water partition coefficient (Wildman–Crippen LogP) is 1.78. The highest BCUT2D eigenvalue weighted by Gasteiger charge is 2.60. The maximum absolute atomic E-state index is 12.5. The number of aromatic hydroxyl groups is 1. The average molecular weight is 294 g/mol. The first kappa shape index (κ1) is 15.0. The van der Waals surface area contributed by atoms with Crippen LogP contribution in [0.2, 0.25) is 0 Å². The molecule has 1 radical (unpaired) electrons. The van der Waals surface area contributed by atoms with Gasteiger partial charge in [-0.3, -0.25) is 14.9 Å². The second-order valence-corrected chi connectivity index (χ2v) is 5.99. The van der Waals surface area contributed by atoms with Gasteiger partial charge in [0.2, 0.25) is 0 Å². The molecule has 0 bridgehead atoms. The lowest BCUT2D eigenvalue weighted by atomic mass is 9.84. The lowest BCUT2D eigenvalue weighted by Crippen LogP contribution is -2.53. The molecule has 8 heteroatoms. The van der Waals surface area contributed by atoms with Gasteiger partial charge in [0.15, 0.2) is 5.54 Å². The summed E-state index contributed by atoms with van der Waals surface area (Å²) in [5.74, 6) is -0.625. The number of nitro groups is 1. The fourth-order valence-electron chi connectivity index (χ4n) is 2.19. The summed E-state index contributed by atoms with van der Waals surface area (Å²) < 4.78 is 0.474. The van der Waals surface area contributed by atoms with Crippen molar-refractivity contribution >= 4 is 11.5 Å². The van der Waals surface area contributed by atoms with E-state index < -0.39 is 21.7 Å². The summed E-state index contributed by atoms with van der Waals surface area (Å²) in [6.07, 6.45) is 0. The maximum atomic E-state index is 12.5. The van der Waals surface area contributed by atoms with Gasteiger partial charge in [0.25, 0.3) is 5.69 Å². The van der Waals surface area contributed by atoms with Crippen molar-refractivity contribution in [2.45, 2.75) is 38.8 Å². The van der Waals surface area contributed by atoms with E-state index in [2.05, 4.69) is 0 Å². The Morgan fingerprint density at radius 1 is 1.29 bits per heavy atom. The highest BCUT2D eigenvalue weighted by Crippen LogP contribution is 2.39. The van der Waals surface area contributed by atoms with E-state index in [0.29, 0.717) is 9.80 Å². The number of phenolic OH excluding ortho intramolecular Hbond substituents is 1. The highest BCUT2D eigenvalue weighted by molar-refractivity contribution is 6.00. The van der Waals surface area contributed by atoms with E-state index in [1.165, 1.54) is 0 Å². The third kappa shape index (κ3) is 1.90. The molecule has 113 valence electrons. The molecule has 1 heterocycles. The molecule has 1 N–H and O–H groups in total. The summed E-state index contributed by atoms with van der Waals surface area (Å²) in [7, 11) is 0. The second-order valence-electron chi connectivity index (χ2n) is 5.99. The van der Waals surface area contributed by atoms with Crippen molar-refractivity contribution in [3.63, 3.8) is 0 Å². The van der Waals surface area contributed by atoms with E-state index in [1.807, 2.05) is 0 Å². The summed E-state index contributed by atoms with van der Waals surface area (Å²) in [6, 6.07) is 3.26. The number of hydrogen-bond donors (Lipinski definition) is 1. The minimum absolute atomic E-state index is 0.191. The summed E-state index contributed by atoms with van der Waals surface area (Å²) in [4.78, 5) is 10.4. The van der Waals surface area contributed by atoms with Crippen LogP contribution in [0.1, 0.15) is 33.3 Å². The smallest absolute Gasteiger partial charge is 0.323 e. The summed E-state index contributed by atoms with van der Waals surface area (Å²) in [6.45, 7) is 6.36. The van der Waals surface area contributed by atoms with Gasteiger partial charge in [0, 0.05) is 17.3 Å². The number of amidine groups is 1.